The molecule has 0 bridgehead atoms. The van der Waals surface area contributed by atoms with Gasteiger partial charge in [-0.15, -0.1) is 0 Å². The smallest absolute Gasteiger partial charge is 0.336 e. The number of nitro groups is 1. The van der Waals surface area contributed by atoms with E-state index in [-0.39, 0.29) is 17.1 Å². The quantitative estimate of drug-likeness (QED) is 0.178. The monoisotopic (exact) mass is 454 g/mol. The zero-order valence-electron chi connectivity index (χ0n) is 17.8. The third kappa shape index (κ3) is 5.16. The van der Waals surface area contributed by atoms with Crippen LogP contribution in [0.2, 0.25) is 0 Å². The summed E-state index contributed by atoms with van der Waals surface area (Å²) >= 11 is 0. The number of carboxylic acids is 1. The highest BCUT2D eigenvalue weighted by molar-refractivity contribution is 5.94. The van der Waals surface area contributed by atoms with Crippen LogP contribution in [0.15, 0.2) is 91.0 Å². The van der Waals surface area contributed by atoms with E-state index in [2.05, 4.69) is 5.32 Å². The van der Waals surface area contributed by atoms with Crippen LogP contribution in [0.3, 0.4) is 0 Å². The molecule has 0 amide bonds. The molecule has 4 aromatic rings. The van der Waals surface area contributed by atoms with E-state index >= 15 is 0 Å². The lowest BCUT2D eigenvalue weighted by atomic mass is 9.98. The van der Waals surface area contributed by atoms with Gasteiger partial charge in [0, 0.05) is 11.8 Å². The average Bonchev–Trinajstić information content (AvgIpc) is 2.84. The molecule has 0 heterocycles. The fraction of sp³-hybridized carbons (Fsp3) is 0. The summed E-state index contributed by atoms with van der Waals surface area (Å²) in [5.74, 6) is -1.46. The molecule has 4 rings (SSSR count). The van der Waals surface area contributed by atoms with Crippen LogP contribution in [-0.4, -0.2) is 16.0 Å². The number of aromatic carboxylic acids is 1. The highest BCUT2D eigenvalue weighted by Gasteiger charge is 2.15. The molecule has 0 radical (unpaired) electrons. The first-order chi connectivity index (χ1) is 16.4. The van der Waals surface area contributed by atoms with Gasteiger partial charge < -0.3 is 10.4 Å². The largest absolute Gasteiger partial charge is 0.478 e. The normalized spacial score (nSPS) is 10.9. The highest BCUT2D eigenvalue weighted by atomic mass is 19.1. The van der Waals surface area contributed by atoms with Crippen molar-refractivity contribution >= 4 is 35.2 Å². The first-order valence-electron chi connectivity index (χ1n) is 10.3. The van der Waals surface area contributed by atoms with Crippen LogP contribution >= 0.6 is 0 Å². The van der Waals surface area contributed by atoms with Crippen molar-refractivity contribution in [3.8, 4) is 11.1 Å². The maximum absolute atomic E-state index is 13.3. The topological polar surface area (TPSA) is 92.5 Å². The number of benzene rings is 4. The Bertz CT molecular complexity index is 1380. The van der Waals surface area contributed by atoms with Crippen molar-refractivity contribution in [1.82, 2.24) is 0 Å². The van der Waals surface area contributed by atoms with E-state index in [0.29, 0.717) is 16.8 Å². The molecule has 0 atom stereocenters. The number of nitrogens with one attached hydrogen (secondary N) is 1. The number of para-hydroxylation sites is 1. The Hall–Kier alpha value is -4.78. The zero-order chi connectivity index (χ0) is 24.1. The Labute approximate surface area is 194 Å². The molecule has 0 fully saturated rings. The highest BCUT2D eigenvalue weighted by Crippen LogP contribution is 2.30. The van der Waals surface area contributed by atoms with Gasteiger partial charge >= 0.3 is 5.97 Å². The van der Waals surface area contributed by atoms with Crippen LogP contribution < -0.4 is 5.32 Å². The van der Waals surface area contributed by atoms with E-state index in [4.69, 9.17) is 0 Å². The molecule has 0 spiro atoms. The molecule has 4 aromatic carbocycles. The van der Waals surface area contributed by atoms with Crippen molar-refractivity contribution in [3.05, 3.63) is 124 Å². The molecule has 34 heavy (non-hydrogen) atoms. The standard InChI is InChI=1S/C27H19FN2O4/c28-22-12-9-19(10-13-22)20-11-14-24(27(31)32)21(17-20)8-6-18-7-15-25(26(16-18)30(33)34)29-23-4-2-1-3-5-23/h1-17,29H,(H,31,32). The van der Waals surface area contributed by atoms with Crippen LogP contribution in [0.25, 0.3) is 23.3 Å². The number of rotatable bonds is 7. The van der Waals surface area contributed by atoms with E-state index < -0.39 is 10.9 Å². The van der Waals surface area contributed by atoms with Crippen LogP contribution in [0, 0.1) is 15.9 Å². The first kappa shape index (κ1) is 22.4. The molecule has 6 nitrogen and oxygen atoms in total. The second-order valence-electron chi connectivity index (χ2n) is 7.47. The molecule has 0 saturated carbocycles. The zero-order valence-corrected chi connectivity index (χ0v) is 17.8. The van der Waals surface area contributed by atoms with Crippen LogP contribution in [0.5, 0.6) is 0 Å². The van der Waals surface area contributed by atoms with Gasteiger partial charge in [0.25, 0.3) is 5.69 Å². The minimum Gasteiger partial charge on any atom is -0.478 e. The summed E-state index contributed by atoms with van der Waals surface area (Å²) in [6.07, 6.45) is 3.22. The van der Waals surface area contributed by atoms with Crippen molar-refractivity contribution in [1.29, 1.82) is 0 Å². The molecular weight excluding hydrogens is 435 g/mol. The number of nitro benzene ring substituents is 1. The Morgan fingerprint density at radius 1 is 0.882 bits per heavy atom. The van der Waals surface area contributed by atoms with Gasteiger partial charge in [0.05, 0.1) is 10.5 Å². The van der Waals surface area contributed by atoms with Gasteiger partial charge in [-0.05, 0) is 64.7 Å². The summed E-state index contributed by atoms with van der Waals surface area (Å²) in [4.78, 5) is 22.9. The fourth-order valence-corrected chi connectivity index (χ4v) is 3.49. The lowest BCUT2D eigenvalue weighted by molar-refractivity contribution is -0.383. The van der Waals surface area contributed by atoms with Crippen LogP contribution in [0.4, 0.5) is 21.5 Å². The van der Waals surface area contributed by atoms with Gasteiger partial charge in [-0.1, -0.05) is 54.6 Å². The maximum Gasteiger partial charge on any atom is 0.336 e. The number of halogens is 1. The lowest BCUT2D eigenvalue weighted by Crippen LogP contribution is -2.00. The summed E-state index contributed by atoms with van der Waals surface area (Å²) in [7, 11) is 0. The van der Waals surface area contributed by atoms with E-state index in [0.717, 1.165) is 16.8 Å². The minimum absolute atomic E-state index is 0.0824. The summed E-state index contributed by atoms with van der Waals surface area (Å²) in [6.45, 7) is 0. The Balaban J connectivity index is 1.67. The molecule has 0 aromatic heterocycles. The van der Waals surface area contributed by atoms with Crippen molar-refractivity contribution in [2.45, 2.75) is 0 Å². The molecule has 0 unspecified atom stereocenters. The molecule has 168 valence electrons. The third-order valence-electron chi connectivity index (χ3n) is 5.19. The predicted octanol–water partition coefficient (Wildman–Crippen LogP) is 7.01. The van der Waals surface area contributed by atoms with Gasteiger partial charge in [-0.25, -0.2) is 9.18 Å². The number of hydrogen-bond acceptors (Lipinski definition) is 4. The summed E-state index contributed by atoms with van der Waals surface area (Å²) in [5.41, 5.74) is 3.45. The van der Waals surface area contributed by atoms with Crippen LogP contribution in [0.1, 0.15) is 21.5 Å². The summed E-state index contributed by atoms with van der Waals surface area (Å²) < 4.78 is 13.3. The van der Waals surface area contributed by atoms with E-state index in [1.54, 1.807) is 60.7 Å². The van der Waals surface area contributed by atoms with E-state index in [1.807, 2.05) is 18.2 Å². The third-order valence-corrected chi connectivity index (χ3v) is 5.19. The van der Waals surface area contributed by atoms with Gasteiger partial charge in [-0.2, -0.15) is 0 Å². The number of anilines is 2. The van der Waals surface area contributed by atoms with E-state index in [1.165, 1.54) is 24.3 Å². The summed E-state index contributed by atoms with van der Waals surface area (Å²) in [5, 5.41) is 24.3. The number of carbonyl (C=O) groups is 1. The van der Waals surface area contributed by atoms with Gasteiger partial charge in [0.15, 0.2) is 0 Å². The van der Waals surface area contributed by atoms with Crippen molar-refractivity contribution < 1.29 is 19.2 Å². The minimum atomic E-state index is -1.10. The number of nitrogens with zero attached hydrogens (tertiary/aromatic N) is 1. The van der Waals surface area contributed by atoms with Crippen LogP contribution in [-0.2, 0) is 0 Å². The molecule has 7 heteroatoms. The number of hydrogen-bond donors (Lipinski definition) is 2. The summed E-state index contributed by atoms with van der Waals surface area (Å²) in [6, 6.07) is 24.6. The Morgan fingerprint density at radius 3 is 2.26 bits per heavy atom. The van der Waals surface area contributed by atoms with Gasteiger partial charge in [0.2, 0.25) is 0 Å². The van der Waals surface area contributed by atoms with Crippen molar-refractivity contribution in [2.75, 3.05) is 5.32 Å². The van der Waals surface area contributed by atoms with Crippen molar-refractivity contribution in [2.24, 2.45) is 0 Å². The molecule has 0 aliphatic carbocycles. The van der Waals surface area contributed by atoms with Gasteiger partial charge in [-0.3, -0.25) is 10.1 Å². The molecule has 0 aliphatic rings. The average molecular weight is 454 g/mol. The molecular formula is C27H19FN2O4. The Morgan fingerprint density at radius 2 is 1.59 bits per heavy atom. The molecule has 2 N–H and O–H groups in total. The second-order valence-corrected chi connectivity index (χ2v) is 7.47. The number of carboxylic acid groups (broad SMARTS) is 1. The lowest BCUT2D eigenvalue weighted by Gasteiger charge is -2.08. The second kappa shape index (κ2) is 9.79. The molecule has 0 saturated heterocycles. The maximum atomic E-state index is 13.3. The van der Waals surface area contributed by atoms with Gasteiger partial charge in [0.1, 0.15) is 11.5 Å². The SMILES string of the molecule is O=C(O)c1ccc(-c2ccc(F)cc2)cc1C=Cc1ccc(Nc2ccccc2)c([N+](=O)[O-])c1. The predicted molar refractivity (Wildman–Crippen MR) is 131 cm³/mol. The first-order valence-corrected chi connectivity index (χ1v) is 10.3. The molecule has 0 aliphatic heterocycles. The van der Waals surface area contributed by atoms with Crippen molar-refractivity contribution in [3.63, 3.8) is 0 Å². The van der Waals surface area contributed by atoms with E-state index in [9.17, 15) is 24.4 Å². The fourth-order valence-electron chi connectivity index (χ4n) is 3.49. The Kier molecular flexibility index (Phi) is 6.45.